The molecular weight excluding hydrogens is 222 g/mol. The van der Waals surface area contributed by atoms with Crippen molar-refractivity contribution in [1.29, 1.82) is 5.26 Å². The number of hydrogen-bond donors (Lipinski definition) is 1. The zero-order chi connectivity index (χ0) is 13.6. The predicted molar refractivity (Wildman–Crippen MR) is 75.2 cm³/mol. The van der Waals surface area contributed by atoms with E-state index in [9.17, 15) is 0 Å². The Labute approximate surface area is 111 Å². The average molecular weight is 247 g/mol. The van der Waals surface area contributed by atoms with Crippen LogP contribution in [0.25, 0.3) is 0 Å². The van der Waals surface area contributed by atoms with Gasteiger partial charge in [-0.15, -0.1) is 0 Å². The summed E-state index contributed by atoms with van der Waals surface area (Å²) >= 11 is 0. The smallest absolute Gasteiger partial charge is 0.0684 e. The van der Waals surface area contributed by atoms with E-state index >= 15 is 0 Å². The van der Waals surface area contributed by atoms with Crippen LogP contribution in [0.15, 0.2) is 18.5 Å². The number of nitrogens with zero attached hydrogens (tertiary/aromatic N) is 2. The van der Waals surface area contributed by atoms with Gasteiger partial charge >= 0.3 is 0 Å². The Kier molecular flexibility index (Phi) is 5.43. The Morgan fingerprint density at radius 3 is 2.83 bits per heavy atom. The number of nitriles is 1. The standard InChI is InChI=1S/C15H25N3/c1-5-8-17-13(2)14-6-9-18(11-14)10-7-15(3,4)12-16/h6,9,11,13,17H,5,7-8,10H2,1-4H3. The van der Waals surface area contributed by atoms with Crippen LogP contribution in [0, 0.1) is 16.7 Å². The molecule has 1 aromatic heterocycles. The fourth-order valence-corrected chi connectivity index (χ4v) is 1.80. The minimum atomic E-state index is -0.240. The van der Waals surface area contributed by atoms with Gasteiger partial charge in [-0.2, -0.15) is 5.26 Å². The summed E-state index contributed by atoms with van der Waals surface area (Å²) in [5, 5.41) is 12.5. The Morgan fingerprint density at radius 2 is 2.22 bits per heavy atom. The highest BCUT2D eigenvalue weighted by molar-refractivity contribution is 5.14. The molecule has 1 atom stereocenters. The van der Waals surface area contributed by atoms with Crippen LogP contribution in [0.3, 0.4) is 0 Å². The van der Waals surface area contributed by atoms with E-state index in [0.29, 0.717) is 6.04 Å². The summed E-state index contributed by atoms with van der Waals surface area (Å²) in [5.41, 5.74) is 1.08. The van der Waals surface area contributed by atoms with Crippen molar-refractivity contribution in [3.8, 4) is 6.07 Å². The zero-order valence-corrected chi connectivity index (χ0v) is 12.0. The number of hydrogen-bond acceptors (Lipinski definition) is 2. The third-order valence-electron chi connectivity index (χ3n) is 3.27. The molecule has 0 aliphatic carbocycles. The molecule has 3 nitrogen and oxygen atoms in total. The predicted octanol–water partition coefficient (Wildman–Crippen LogP) is 3.49. The third-order valence-corrected chi connectivity index (χ3v) is 3.27. The first kappa shape index (κ1) is 14.8. The van der Waals surface area contributed by atoms with Crippen molar-refractivity contribution in [2.75, 3.05) is 6.54 Å². The summed E-state index contributed by atoms with van der Waals surface area (Å²) < 4.78 is 2.18. The number of rotatable bonds is 7. The minimum absolute atomic E-state index is 0.240. The highest BCUT2D eigenvalue weighted by Gasteiger charge is 2.16. The summed E-state index contributed by atoms with van der Waals surface area (Å²) in [4.78, 5) is 0. The van der Waals surface area contributed by atoms with Gasteiger partial charge in [0.1, 0.15) is 0 Å². The number of aryl methyl sites for hydroxylation is 1. The van der Waals surface area contributed by atoms with E-state index in [1.165, 1.54) is 5.56 Å². The van der Waals surface area contributed by atoms with E-state index in [-0.39, 0.29) is 5.41 Å². The lowest BCUT2D eigenvalue weighted by Gasteiger charge is -2.15. The minimum Gasteiger partial charge on any atom is -0.354 e. The van der Waals surface area contributed by atoms with Crippen LogP contribution >= 0.6 is 0 Å². The van der Waals surface area contributed by atoms with Crippen molar-refractivity contribution in [3.63, 3.8) is 0 Å². The highest BCUT2D eigenvalue weighted by Crippen LogP contribution is 2.20. The molecular formula is C15H25N3. The van der Waals surface area contributed by atoms with Crippen molar-refractivity contribution in [2.45, 2.75) is 53.1 Å². The molecule has 3 heteroatoms. The molecule has 0 saturated heterocycles. The molecule has 1 N–H and O–H groups in total. The van der Waals surface area contributed by atoms with Gasteiger partial charge in [0.25, 0.3) is 0 Å². The van der Waals surface area contributed by atoms with Gasteiger partial charge in [0.2, 0.25) is 0 Å². The van der Waals surface area contributed by atoms with Crippen molar-refractivity contribution in [2.24, 2.45) is 5.41 Å². The van der Waals surface area contributed by atoms with Crippen LogP contribution < -0.4 is 5.32 Å². The van der Waals surface area contributed by atoms with E-state index in [4.69, 9.17) is 5.26 Å². The molecule has 0 bridgehead atoms. The Hall–Kier alpha value is -1.27. The lowest BCUT2D eigenvalue weighted by atomic mass is 9.91. The van der Waals surface area contributed by atoms with Crippen LogP contribution in [0.2, 0.25) is 0 Å². The van der Waals surface area contributed by atoms with E-state index in [2.05, 4.69) is 48.3 Å². The maximum absolute atomic E-state index is 8.99. The maximum Gasteiger partial charge on any atom is 0.0684 e. The van der Waals surface area contributed by atoms with Gasteiger partial charge < -0.3 is 9.88 Å². The van der Waals surface area contributed by atoms with Gasteiger partial charge in [-0.05, 0) is 51.8 Å². The van der Waals surface area contributed by atoms with Crippen molar-refractivity contribution in [1.82, 2.24) is 9.88 Å². The van der Waals surface area contributed by atoms with Crippen LogP contribution in [0.1, 0.15) is 52.1 Å². The number of nitrogens with one attached hydrogen (secondary N) is 1. The Bertz CT molecular complexity index is 398. The molecule has 0 amide bonds. The zero-order valence-electron chi connectivity index (χ0n) is 12.0. The molecule has 0 aromatic carbocycles. The van der Waals surface area contributed by atoms with Crippen LogP contribution in [0.4, 0.5) is 0 Å². The quantitative estimate of drug-likeness (QED) is 0.801. The second-order valence-electron chi connectivity index (χ2n) is 5.60. The molecule has 0 saturated carbocycles. The molecule has 0 radical (unpaired) electrons. The highest BCUT2D eigenvalue weighted by atomic mass is 15.0. The van der Waals surface area contributed by atoms with Crippen molar-refractivity contribution in [3.05, 3.63) is 24.0 Å². The van der Waals surface area contributed by atoms with Crippen LogP contribution in [-0.2, 0) is 6.54 Å². The molecule has 100 valence electrons. The first-order valence-electron chi connectivity index (χ1n) is 6.79. The summed E-state index contributed by atoms with van der Waals surface area (Å²) in [7, 11) is 0. The second kappa shape index (κ2) is 6.61. The number of aromatic nitrogens is 1. The second-order valence-corrected chi connectivity index (χ2v) is 5.60. The van der Waals surface area contributed by atoms with Crippen LogP contribution in [0.5, 0.6) is 0 Å². The molecule has 0 fully saturated rings. The van der Waals surface area contributed by atoms with E-state index < -0.39 is 0 Å². The fraction of sp³-hybridized carbons (Fsp3) is 0.667. The first-order valence-corrected chi connectivity index (χ1v) is 6.79. The monoisotopic (exact) mass is 247 g/mol. The van der Waals surface area contributed by atoms with Crippen LogP contribution in [-0.4, -0.2) is 11.1 Å². The summed E-state index contributed by atoms with van der Waals surface area (Å²) in [6.07, 6.45) is 6.32. The van der Waals surface area contributed by atoms with E-state index in [1.807, 2.05) is 13.8 Å². The molecule has 1 rings (SSSR count). The third kappa shape index (κ3) is 4.54. The Morgan fingerprint density at radius 1 is 1.50 bits per heavy atom. The average Bonchev–Trinajstić information content (AvgIpc) is 2.82. The van der Waals surface area contributed by atoms with Crippen molar-refractivity contribution < 1.29 is 0 Å². The van der Waals surface area contributed by atoms with Gasteiger partial charge in [0.15, 0.2) is 0 Å². The fourth-order valence-electron chi connectivity index (χ4n) is 1.80. The molecule has 18 heavy (non-hydrogen) atoms. The van der Waals surface area contributed by atoms with Crippen molar-refractivity contribution >= 4 is 0 Å². The van der Waals surface area contributed by atoms with Gasteiger partial charge in [-0.25, -0.2) is 0 Å². The Balaban J connectivity index is 2.51. The summed E-state index contributed by atoms with van der Waals surface area (Å²) in [6, 6.07) is 4.90. The lowest BCUT2D eigenvalue weighted by molar-refractivity contribution is 0.413. The molecule has 0 aliphatic heterocycles. The molecule has 0 aliphatic rings. The topological polar surface area (TPSA) is 40.8 Å². The molecule has 1 aromatic rings. The summed E-state index contributed by atoms with van der Waals surface area (Å²) in [5.74, 6) is 0. The van der Waals surface area contributed by atoms with Gasteiger partial charge in [0, 0.05) is 25.0 Å². The maximum atomic E-state index is 8.99. The summed E-state index contributed by atoms with van der Waals surface area (Å²) in [6.45, 7) is 10.3. The normalized spacial score (nSPS) is 13.3. The van der Waals surface area contributed by atoms with E-state index in [1.54, 1.807) is 0 Å². The molecule has 0 spiro atoms. The lowest BCUT2D eigenvalue weighted by Crippen LogP contribution is -2.18. The SMILES string of the molecule is CCCNC(C)c1ccn(CCC(C)(C)C#N)c1. The van der Waals surface area contributed by atoms with Gasteiger partial charge in [-0.1, -0.05) is 6.92 Å². The molecule has 1 heterocycles. The molecule has 1 unspecified atom stereocenters. The first-order chi connectivity index (χ1) is 8.48. The van der Waals surface area contributed by atoms with Gasteiger partial charge in [-0.3, -0.25) is 0 Å². The largest absolute Gasteiger partial charge is 0.354 e. The van der Waals surface area contributed by atoms with Gasteiger partial charge in [0.05, 0.1) is 11.5 Å². The van der Waals surface area contributed by atoms with E-state index in [0.717, 1.165) is 25.9 Å².